The van der Waals surface area contributed by atoms with E-state index in [1.807, 2.05) is 25.1 Å². The molecule has 0 heterocycles. The molecule has 3 heteroatoms. The molecular formula is C69H50O3. The average molecular weight is 927 g/mol. The number of aromatic carboxylic acids is 1. The summed E-state index contributed by atoms with van der Waals surface area (Å²) < 4.78 is 6.70. The maximum Gasteiger partial charge on any atom is 0.335 e. The molecule has 11 aromatic rings. The Labute approximate surface area is 421 Å². The van der Waals surface area contributed by atoms with Gasteiger partial charge < -0.3 is 9.84 Å². The number of rotatable bonds is 12. The Bertz CT molecular complexity index is 3680. The third-order valence-electron chi connectivity index (χ3n) is 13.4. The third-order valence-corrected chi connectivity index (χ3v) is 13.4. The maximum atomic E-state index is 12.5. The molecule has 0 saturated carbocycles. The highest BCUT2D eigenvalue weighted by atomic mass is 16.5. The summed E-state index contributed by atoms with van der Waals surface area (Å²) in [6.07, 6.45) is 0. The van der Waals surface area contributed by atoms with E-state index in [1.54, 1.807) is 12.1 Å². The van der Waals surface area contributed by atoms with E-state index >= 15 is 0 Å². The summed E-state index contributed by atoms with van der Waals surface area (Å²) in [5.41, 5.74) is 21.8. The number of carboxylic acids is 1. The van der Waals surface area contributed by atoms with Crippen molar-refractivity contribution in [3.63, 3.8) is 0 Å². The van der Waals surface area contributed by atoms with E-state index in [0.29, 0.717) is 5.75 Å². The molecular weight excluding hydrogens is 877 g/mol. The first kappa shape index (κ1) is 45.2. The molecule has 3 nitrogen and oxygen atoms in total. The third kappa shape index (κ3) is 9.04. The summed E-state index contributed by atoms with van der Waals surface area (Å²) >= 11 is 0. The van der Waals surface area contributed by atoms with Crippen LogP contribution in [0.15, 0.2) is 261 Å². The molecule has 0 bridgehead atoms. The minimum absolute atomic E-state index is 0.252. The highest BCUT2D eigenvalue weighted by Gasteiger charge is 2.25. The molecule has 72 heavy (non-hydrogen) atoms. The topological polar surface area (TPSA) is 46.5 Å². The lowest BCUT2D eigenvalue weighted by atomic mass is 9.78. The van der Waals surface area contributed by atoms with E-state index in [4.69, 9.17) is 4.74 Å². The molecule has 0 aliphatic rings. The van der Waals surface area contributed by atoms with Gasteiger partial charge in [-0.1, -0.05) is 218 Å². The lowest BCUT2D eigenvalue weighted by molar-refractivity contribution is 0.0696. The predicted molar refractivity (Wildman–Crippen MR) is 298 cm³/mol. The molecule has 344 valence electrons. The molecule has 0 aromatic heterocycles. The van der Waals surface area contributed by atoms with Crippen LogP contribution in [-0.4, -0.2) is 11.1 Å². The van der Waals surface area contributed by atoms with Crippen molar-refractivity contribution in [1.82, 2.24) is 0 Å². The summed E-state index contributed by atoms with van der Waals surface area (Å²) in [6, 6.07) is 90.6. The van der Waals surface area contributed by atoms with Gasteiger partial charge >= 0.3 is 5.97 Å². The average Bonchev–Trinajstić information content (AvgIpc) is 3.44. The zero-order chi connectivity index (χ0) is 49.0. The van der Waals surface area contributed by atoms with Crippen molar-refractivity contribution >= 4 is 5.97 Å². The Hall–Kier alpha value is -9.31. The summed E-state index contributed by atoms with van der Waals surface area (Å²) in [7, 11) is 0. The summed E-state index contributed by atoms with van der Waals surface area (Å²) in [5.74, 6) is 0.487. The Kier molecular flexibility index (Phi) is 12.5. The zero-order valence-electron chi connectivity index (χ0n) is 40.1. The molecule has 0 fully saturated rings. The van der Waals surface area contributed by atoms with Crippen molar-refractivity contribution in [2.24, 2.45) is 0 Å². The van der Waals surface area contributed by atoms with E-state index in [9.17, 15) is 9.90 Å². The van der Waals surface area contributed by atoms with Crippen LogP contribution in [0, 0.1) is 13.8 Å². The Morgan fingerprint density at radius 2 is 0.625 bits per heavy atom. The molecule has 0 saturated heterocycles. The first-order chi connectivity index (χ1) is 35.4. The van der Waals surface area contributed by atoms with Gasteiger partial charge in [0.2, 0.25) is 0 Å². The summed E-state index contributed by atoms with van der Waals surface area (Å²) in [4.78, 5) is 12.5. The van der Waals surface area contributed by atoms with Gasteiger partial charge in [0.1, 0.15) is 11.5 Å². The number of carbonyl (C=O) groups is 1. The standard InChI is InChI=1S/C69H50O3/c1-46-41-56(44-57(42-46)69(70)71)62-45-61(49-23-11-4-12-24-49)66(68(53-31-19-8-20-32-53)64(62)51-27-15-6-16-28-51)55-35-39-59(40-36-55)72-58-37-33-54(34-38-58)65-60(48-21-9-3-10-22-48)43-47(2)63(50-25-13-5-14-26-50)67(65)52-29-17-7-18-30-52/h3-45H,1-2H3,(H,70,71). The minimum Gasteiger partial charge on any atom is -0.478 e. The SMILES string of the molecule is Cc1cc(C(=O)O)cc(-c2cc(-c3ccccc3)c(-c3ccc(Oc4ccc(-c5c(-c6ccccc6)cc(C)c(-c6ccccc6)c5-c5ccccc5)cc4)cc3)c(-c3ccccc3)c2-c2ccccc2)c1. The van der Waals surface area contributed by atoms with Crippen LogP contribution in [0.1, 0.15) is 21.5 Å². The van der Waals surface area contributed by atoms with Crippen molar-refractivity contribution in [3.05, 3.63) is 278 Å². The van der Waals surface area contributed by atoms with Crippen LogP contribution >= 0.6 is 0 Å². The van der Waals surface area contributed by atoms with Crippen LogP contribution < -0.4 is 4.74 Å². The molecule has 1 N–H and O–H groups in total. The van der Waals surface area contributed by atoms with Crippen molar-refractivity contribution < 1.29 is 14.6 Å². The quantitative estimate of drug-likeness (QED) is 0.133. The van der Waals surface area contributed by atoms with E-state index in [-0.39, 0.29) is 5.56 Å². The van der Waals surface area contributed by atoms with Crippen LogP contribution in [0.4, 0.5) is 0 Å². The fourth-order valence-corrected chi connectivity index (χ4v) is 10.3. The predicted octanol–water partition coefficient (Wildman–Crippen LogP) is 18.8. The van der Waals surface area contributed by atoms with Crippen LogP contribution in [0.2, 0.25) is 0 Å². The Morgan fingerprint density at radius 1 is 0.306 bits per heavy atom. The first-order valence-electron chi connectivity index (χ1n) is 24.3. The molecule has 0 aliphatic carbocycles. The second-order valence-corrected chi connectivity index (χ2v) is 18.2. The monoisotopic (exact) mass is 926 g/mol. The van der Waals surface area contributed by atoms with Gasteiger partial charge in [0.25, 0.3) is 0 Å². The Morgan fingerprint density at radius 3 is 1.03 bits per heavy atom. The first-order valence-corrected chi connectivity index (χ1v) is 24.3. The van der Waals surface area contributed by atoms with Crippen molar-refractivity contribution in [2.45, 2.75) is 13.8 Å². The van der Waals surface area contributed by atoms with Gasteiger partial charge in [0.15, 0.2) is 0 Å². The van der Waals surface area contributed by atoms with Gasteiger partial charge in [-0.3, -0.25) is 0 Å². The van der Waals surface area contributed by atoms with Crippen LogP contribution in [-0.2, 0) is 0 Å². The molecule has 0 atom stereocenters. The number of benzene rings is 11. The van der Waals surface area contributed by atoms with Gasteiger partial charge in [-0.15, -0.1) is 0 Å². The van der Waals surface area contributed by atoms with E-state index < -0.39 is 5.97 Å². The lowest BCUT2D eigenvalue weighted by Gasteiger charge is -2.25. The van der Waals surface area contributed by atoms with Gasteiger partial charge in [0.05, 0.1) is 5.56 Å². The van der Waals surface area contributed by atoms with Crippen LogP contribution in [0.5, 0.6) is 11.5 Å². The molecule has 0 spiro atoms. The van der Waals surface area contributed by atoms with Gasteiger partial charge in [-0.25, -0.2) is 4.79 Å². The van der Waals surface area contributed by atoms with Gasteiger partial charge in [-0.05, 0) is 168 Å². The number of hydrogen-bond acceptors (Lipinski definition) is 2. The van der Waals surface area contributed by atoms with Gasteiger partial charge in [0, 0.05) is 0 Å². The molecule has 11 rings (SSSR count). The normalized spacial score (nSPS) is 11.0. The van der Waals surface area contributed by atoms with Crippen molar-refractivity contribution in [3.8, 4) is 112 Å². The minimum atomic E-state index is -0.958. The number of ether oxygens (including phenoxy) is 1. The smallest absolute Gasteiger partial charge is 0.335 e. The second kappa shape index (κ2) is 20.0. The van der Waals surface area contributed by atoms with Crippen molar-refractivity contribution in [2.75, 3.05) is 0 Å². The summed E-state index contributed by atoms with van der Waals surface area (Å²) in [6.45, 7) is 4.18. The zero-order valence-corrected chi connectivity index (χ0v) is 40.1. The second-order valence-electron chi connectivity index (χ2n) is 18.2. The van der Waals surface area contributed by atoms with E-state index in [2.05, 4.69) is 237 Å². The maximum absolute atomic E-state index is 12.5. The lowest BCUT2D eigenvalue weighted by Crippen LogP contribution is -2.00. The van der Waals surface area contributed by atoms with Gasteiger partial charge in [-0.2, -0.15) is 0 Å². The Balaban J connectivity index is 1.04. The number of hydrogen-bond donors (Lipinski definition) is 1. The number of aryl methyl sites for hydroxylation is 2. The highest BCUT2D eigenvalue weighted by molar-refractivity contribution is 6.08. The fourth-order valence-electron chi connectivity index (χ4n) is 10.3. The van der Waals surface area contributed by atoms with E-state index in [1.165, 1.54) is 33.4 Å². The van der Waals surface area contributed by atoms with Crippen molar-refractivity contribution in [1.29, 1.82) is 0 Å². The molecule has 0 radical (unpaired) electrons. The number of carboxylic acid groups (broad SMARTS) is 1. The largest absolute Gasteiger partial charge is 0.478 e. The highest BCUT2D eigenvalue weighted by Crippen LogP contribution is 2.51. The van der Waals surface area contributed by atoms with Crippen LogP contribution in [0.25, 0.3) is 100 Å². The molecule has 0 amide bonds. The molecule has 11 aromatic carbocycles. The summed E-state index contributed by atoms with van der Waals surface area (Å²) in [5, 5.41) is 10.2. The van der Waals surface area contributed by atoms with E-state index in [0.717, 1.165) is 83.6 Å². The fraction of sp³-hybridized carbons (Fsp3) is 0.0290. The molecule has 0 aliphatic heterocycles. The van der Waals surface area contributed by atoms with Crippen LogP contribution in [0.3, 0.4) is 0 Å². The molecule has 0 unspecified atom stereocenters.